The van der Waals surface area contributed by atoms with Gasteiger partial charge in [0, 0.05) is 17.7 Å². The highest BCUT2D eigenvalue weighted by molar-refractivity contribution is 6.30. The molecular weight excluding hydrogens is 302 g/mol. The second-order valence-electron chi connectivity index (χ2n) is 4.69. The summed E-state index contributed by atoms with van der Waals surface area (Å²) in [6.07, 6.45) is 0. The summed E-state index contributed by atoms with van der Waals surface area (Å²) in [5, 5.41) is 3.48. The summed E-state index contributed by atoms with van der Waals surface area (Å²) in [7, 11) is 1.64. The van der Waals surface area contributed by atoms with Crippen molar-refractivity contribution < 1.29 is 14.3 Å². The van der Waals surface area contributed by atoms with E-state index in [2.05, 4.69) is 5.32 Å². The van der Waals surface area contributed by atoms with Gasteiger partial charge >= 0.3 is 0 Å². The van der Waals surface area contributed by atoms with Crippen LogP contribution in [0, 0.1) is 0 Å². The number of carbonyl (C=O) groups is 1. The summed E-state index contributed by atoms with van der Waals surface area (Å²) >= 11 is 5.79. The molecule has 0 saturated carbocycles. The van der Waals surface area contributed by atoms with Crippen LogP contribution in [0.3, 0.4) is 0 Å². The smallest absolute Gasteiger partial charge is 0.251 e. The van der Waals surface area contributed by atoms with Gasteiger partial charge in [-0.3, -0.25) is 4.79 Å². The maximum absolute atomic E-state index is 12.0. The molecule has 0 aromatic heterocycles. The average Bonchev–Trinajstić information content (AvgIpc) is 2.54. The largest absolute Gasteiger partial charge is 0.492 e. The molecule has 1 amide bonds. The molecule has 5 heteroatoms. The predicted octanol–water partition coefficient (Wildman–Crippen LogP) is 3.30. The van der Waals surface area contributed by atoms with E-state index in [4.69, 9.17) is 21.1 Å². The molecule has 0 aliphatic rings. The van der Waals surface area contributed by atoms with Crippen molar-refractivity contribution in [2.24, 2.45) is 0 Å². The van der Waals surface area contributed by atoms with Crippen LogP contribution in [-0.4, -0.2) is 26.2 Å². The third kappa shape index (κ3) is 5.06. The van der Waals surface area contributed by atoms with Gasteiger partial charge in [-0.2, -0.15) is 0 Å². The number of ether oxygens (including phenoxy) is 2. The van der Waals surface area contributed by atoms with Crippen LogP contribution in [0.2, 0.25) is 5.02 Å². The lowest BCUT2D eigenvalue weighted by Gasteiger charge is -2.08. The molecule has 0 fully saturated rings. The summed E-state index contributed by atoms with van der Waals surface area (Å²) < 4.78 is 10.5. The summed E-state index contributed by atoms with van der Waals surface area (Å²) in [5.74, 6) is 0.603. The maximum Gasteiger partial charge on any atom is 0.251 e. The average molecular weight is 320 g/mol. The first-order chi connectivity index (χ1) is 10.7. The zero-order chi connectivity index (χ0) is 15.8. The van der Waals surface area contributed by atoms with Crippen LogP contribution < -0.4 is 10.1 Å². The molecule has 2 aromatic rings. The van der Waals surface area contributed by atoms with Crippen molar-refractivity contribution in [3.63, 3.8) is 0 Å². The van der Waals surface area contributed by atoms with E-state index in [0.717, 1.165) is 11.3 Å². The van der Waals surface area contributed by atoms with Gasteiger partial charge in [-0.1, -0.05) is 23.7 Å². The van der Waals surface area contributed by atoms with Crippen LogP contribution in [0.4, 0.5) is 0 Å². The molecule has 0 atom stereocenters. The molecular formula is C17H18ClNO3. The van der Waals surface area contributed by atoms with Gasteiger partial charge in [0.1, 0.15) is 12.4 Å². The highest BCUT2D eigenvalue weighted by atomic mass is 35.5. The van der Waals surface area contributed by atoms with Crippen LogP contribution in [0.15, 0.2) is 48.5 Å². The van der Waals surface area contributed by atoms with Crippen LogP contribution in [-0.2, 0) is 11.3 Å². The third-order valence-electron chi connectivity index (χ3n) is 3.00. The minimum Gasteiger partial charge on any atom is -0.492 e. The lowest BCUT2D eigenvalue weighted by atomic mass is 10.1. The van der Waals surface area contributed by atoms with Crippen molar-refractivity contribution in [2.75, 3.05) is 20.3 Å². The first-order valence-corrected chi connectivity index (χ1v) is 7.31. The fourth-order valence-electron chi connectivity index (χ4n) is 1.89. The highest BCUT2D eigenvalue weighted by Crippen LogP contribution is 2.15. The molecule has 2 rings (SSSR count). The normalized spacial score (nSPS) is 10.3. The van der Waals surface area contributed by atoms with E-state index in [1.54, 1.807) is 43.5 Å². The van der Waals surface area contributed by atoms with E-state index in [-0.39, 0.29) is 5.91 Å². The molecule has 2 aromatic carbocycles. The van der Waals surface area contributed by atoms with Crippen LogP contribution >= 0.6 is 11.6 Å². The summed E-state index contributed by atoms with van der Waals surface area (Å²) in [4.78, 5) is 12.0. The molecule has 0 spiro atoms. The van der Waals surface area contributed by atoms with E-state index < -0.39 is 0 Å². The minimum atomic E-state index is -0.122. The zero-order valence-electron chi connectivity index (χ0n) is 12.3. The predicted molar refractivity (Wildman–Crippen MR) is 86.4 cm³/mol. The van der Waals surface area contributed by atoms with E-state index in [0.29, 0.717) is 30.3 Å². The van der Waals surface area contributed by atoms with E-state index in [9.17, 15) is 4.79 Å². The van der Waals surface area contributed by atoms with Crippen molar-refractivity contribution in [2.45, 2.75) is 6.61 Å². The van der Waals surface area contributed by atoms with Gasteiger partial charge in [0.2, 0.25) is 0 Å². The van der Waals surface area contributed by atoms with E-state index in [1.807, 2.05) is 12.1 Å². The molecule has 0 aliphatic carbocycles. The number of hydrogen-bond acceptors (Lipinski definition) is 3. The fraction of sp³-hybridized carbons (Fsp3) is 0.235. The Labute approximate surface area is 135 Å². The van der Waals surface area contributed by atoms with E-state index >= 15 is 0 Å². The summed E-state index contributed by atoms with van der Waals surface area (Å²) in [6, 6.07) is 14.4. The molecule has 0 saturated heterocycles. The molecule has 0 heterocycles. The molecule has 0 unspecified atom stereocenters. The van der Waals surface area contributed by atoms with Crippen molar-refractivity contribution in [1.82, 2.24) is 5.32 Å². The summed E-state index contributed by atoms with van der Waals surface area (Å²) in [5.41, 5.74) is 1.65. The topological polar surface area (TPSA) is 47.6 Å². The van der Waals surface area contributed by atoms with Crippen LogP contribution in [0.25, 0.3) is 0 Å². The molecule has 0 bridgehead atoms. The molecule has 4 nitrogen and oxygen atoms in total. The Hall–Kier alpha value is -2.04. The lowest BCUT2D eigenvalue weighted by molar-refractivity contribution is 0.0947. The van der Waals surface area contributed by atoms with Gasteiger partial charge in [-0.05, 0) is 42.0 Å². The Bertz CT molecular complexity index is 596. The molecule has 22 heavy (non-hydrogen) atoms. The van der Waals surface area contributed by atoms with Gasteiger partial charge in [-0.25, -0.2) is 0 Å². The number of carbonyl (C=O) groups excluding carboxylic acids is 1. The molecule has 116 valence electrons. The quantitative estimate of drug-likeness (QED) is 0.797. The van der Waals surface area contributed by atoms with Crippen molar-refractivity contribution in [3.8, 4) is 5.75 Å². The summed E-state index contributed by atoms with van der Waals surface area (Å²) in [6.45, 7) is 1.37. The van der Waals surface area contributed by atoms with Crippen molar-refractivity contribution in [3.05, 3.63) is 64.7 Å². The Kier molecular flexibility index (Phi) is 6.25. The van der Waals surface area contributed by atoms with Gasteiger partial charge in [0.15, 0.2) is 0 Å². The van der Waals surface area contributed by atoms with Gasteiger partial charge < -0.3 is 14.8 Å². The Morgan fingerprint density at radius 2 is 1.77 bits per heavy atom. The first kappa shape index (κ1) is 16.3. The number of halogens is 1. The van der Waals surface area contributed by atoms with Crippen LogP contribution in [0.1, 0.15) is 15.9 Å². The monoisotopic (exact) mass is 319 g/mol. The third-order valence-corrected chi connectivity index (χ3v) is 3.25. The van der Waals surface area contributed by atoms with Crippen LogP contribution in [0.5, 0.6) is 5.75 Å². The highest BCUT2D eigenvalue weighted by Gasteiger charge is 2.04. The SMILES string of the molecule is COCc1ccc(C(=O)NCCOc2ccc(Cl)cc2)cc1. The molecule has 0 radical (unpaired) electrons. The minimum absolute atomic E-state index is 0.122. The fourth-order valence-corrected chi connectivity index (χ4v) is 2.01. The standard InChI is InChI=1S/C17H18ClNO3/c1-21-12-13-2-4-14(5-3-13)17(20)19-10-11-22-16-8-6-15(18)7-9-16/h2-9H,10-12H2,1H3,(H,19,20). The van der Waals surface area contributed by atoms with Gasteiger partial charge in [0.05, 0.1) is 13.2 Å². The Morgan fingerprint density at radius 1 is 1.09 bits per heavy atom. The first-order valence-electron chi connectivity index (χ1n) is 6.93. The Morgan fingerprint density at radius 3 is 2.41 bits per heavy atom. The number of hydrogen-bond donors (Lipinski definition) is 1. The van der Waals surface area contributed by atoms with E-state index in [1.165, 1.54) is 0 Å². The lowest BCUT2D eigenvalue weighted by Crippen LogP contribution is -2.28. The maximum atomic E-state index is 12.0. The van der Waals surface area contributed by atoms with Gasteiger partial charge in [-0.15, -0.1) is 0 Å². The zero-order valence-corrected chi connectivity index (χ0v) is 13.1. The number of rotatable bonds is 7. The van der Waals surface area contributed by atoms with Crippen molar-refractivity contribution >= 4 is 17.5 Å². The second kappa shape index (κ2) is 8.41. The van der Waals surface area contributed by atoms with Crippen molar-refractivity contribution in [1.29, 1.82) is 0 Å². The number of benzene rings is 2. The number of amides is 1. The molecule has 1 N–H and O–H groups in total. The molecule has 0 aliphatic heterocycles. The second-order valence-corrected chi connectivity index (χ2v) is 5.12. The number of nitrogens with one attached hydrogen (secondary N) is 1. The Balaban J connectivity index is 1.74. The number of methoxy groups -OCH3 is 1. The van der Waals surface area contributed by atoms with Gasteiger partial charge in [0.25, 0.3) is 5.91 Å².